The Morgan fingerprint density at radius 1 is 1.07 bits per heavy atom. The lowest BCUT2D eigenvalue weighted by atomic mass is 10.0. The van der Waals surface area contributed by atoms with E-state index in [0.717, 1.165) is 23.6 Å². The summed E-state index contributed by atoms with van der Waals surface area (Å²) in [6.07, 6.45) is 3.36. The second kappa shape index (κ2) is 7.89. The minimum absolute atomic E-state index is 0.0915. The van der Waals surface area contributed by atoms with E-state index in [1.807, 2.05) is 41.3 Å². The molecular weight excluding hydrogens is 384 g/mol. The molecule has 0 radical (unpaired) electrons. The maximum absolute atomic E-state index is 13.4. The van der Waals surface area contributed by atoms with Crippen LogP contribution >= 0.6 is 0 Å². The summed E-state index contributed by atoms with van der Waals surface area (Å²) in [5.41, 5.74) is 0.483. The number of carbonyl (C=O) groups excluding carboxylic acids is 2. The zero-order chi connectivity index (χ0) is 20.6. The van der Waals surface area contributed by atoms with Crippen molar-refractivity contribution < 1.29 is 23.8 Å². The van der Waals surface area contributed by atoms with Gasteiger partial charge in [0.25, 0.3) is 11.8 Å². The van der Waals surface area contributed by atoms with Crippen LogP contribution in [-0.4, -0.2) is 61.5 Å². The maximum Gasteiger partial charge on any atom is 0.258 e. The van der Waals surface area contributed by atoms with Crippen LogP contribution < -0.4 is 10.1 Å². The molecule has 7 heteroatoms. The quantitative estimate of drug-likeness (QED) is 0.820. The lowest BCUT2D eigenvalue weighted by Gasteiger charge is -2.37. The average molecular weight is 410 g/mol. The lowest BCUT2D eigenvalue weighted by Crippen LogP contribution is -2.47. The standard InChI is InChI=1S/C23H26N2O5/c26-21(24-18-5-6-18)15-28-20-14-17-4-2-1-3-16(17)13-19(20)22(27)25-9-7-23(8-10-25)29-11-12-30-23/h1-4,13-14,18H,5-12,15H2,(H,24,26). The van der Waals surface area contributed by atoms with Crippen LogP contribution in [0.4, 0.5) is 0 Å². The van der Waals surface area contributed by atoms with E-state index in [4.69, 9.17) is 14.2 Å². The Hall–Kier alpha value is -2.64. The van der Waals surface area contributed by atoms with E-state index < -0.39 is 5.79 Å². The van der Waals surface area contributed by atoms with Gasteiger partial charge in [-0.05, 0) is 35.7 Å². The number of hydrogen-bond donors (Lipinski definition) is 1. The van der Waals surface area contributed by atoms with Crippen LogP contribution in [0, 0.1) is 0 Å². The highest BCUT2D eigenvalue weighted by Gasteiger charge is 2.41. The molecule has 1 spiro atoms. The van der Waals surface area contributed by atoms with Crippen LogP contribution in [0.3, 0.4) is 0 Å². The number of carbonyl (C=O) groups is 2. The van der Waals surface area contributed by atoms with Gasteiger partial charge in [0.1, 0.15) is 5.75 Å². The van der Waals surface area contributed by atoms with Crippen molar-refractivity contribution in [3.05, 3.63) is 42.0 Å². The van der Waals surface area contributed by atoms with Gasteiger partial charge in [0.15, 0.2) is 12.4 Å². The number of nitrogens with one attached hydrogen (secondary N) is 1. The number of likely N-dealkylation sites (tertiary alicyclic amines) is 1. The van der Waals surface area contributed by atoms with E-state index >= 15 is 0 Å². The first kappa shape index (κ1) is 19.3. The number of hydrogen-bond acceptors (Lipinski definition) is 5. The largest absolute Gasteiger partial charge is 0.483 e. The highest BCUT2D eigenvalue weighted by atomic mass is 16.7. The third-order valence-electron chi connectivity index (χ3n) is 6.01. The second-order valence-electron chi connectivity index (χ2n) is 8.23. The molecule has 0 aromatic heterocycles. The Balaban J connectivity index is 1.35. The average Bonchev–Trinajstić information content (AvgIpc) is 3.47. The molecule has 3 aliphatic rings. The Kier molecular flexibility index (Phi) is 5.08. The van der Waals surface area contributed by atoms with E-state index in [-0.39, 0.29) is 24.5 Å². The normalized spacial score (nSPS) is 20.5. The van der Waals surface area contributed by atoms with Crippen molar-refractivity contribution >= 4 is 22.6 Å². The lowest BCUT2D eigenvalue weighted by molar-refractivity contribution is -0.181. The summed E-state index contributed by atoms with van der Waals surface area (Å²) in [6.45, 7) is 2.25. The second-order valence-corrected chi connectivity index (χ2v) is 8.23. The Labute approximate surface area is 175 Å². The molecule has 158 valence electrons. The van der Waals surface area contributed by atoms with Gasteiger partial charge in [-0.2, -0.15) is 0 Å². The van der Waals surface area contributed by atoms with Crippen LogP contribution in [0.5, 0.6) is 5.75 Å². The minimum atomic E-state index is -0.527. The molecule has 0 atom stereocenters. The summed E-state index contributed by atoms with van der Waals surface area (Å²) in [7, 11) is 0. The molecule has 3 fully saturated rings. The van der Waals surface area contributed by atoms with Crippen LogP contribution in [0.2, 0.25) is 0 Å². The first-order valence-electron chi connectivity index (χ1n) is 10.6. The summed E-state index contributed by atoms with van der Waals surface area (Å²) >= 11 is 0. The van der Waals surface area contributed by atoms with E-state index in [9.17, 15) is 9.59 Å². The minimum Gasteiger partial charge on any atom is -0.483 e. The molecular formula is C23H26N2O5. The first-order chi connectivity index (χ1) is 14.6. The Morgan fingerprint density at radius 3 is 2.40 bits per heavy atom. The van der Waals surface area contributed by atoms with Crippen LogP contribution in [-0.2, 0) is 14.3 Å². The predicted octanol–water partition coefficient (Wildman–Crippen LogP) is 2.48. The van der Waals surface area contributed by atoms with Crippen LogP contribution in [0.25, 0.3) is 10.8 Å². The monoisotopic (exact) mass is 410 g/mol. The van der Waals surface area contributed by atoms with Crippen molar-refractivity contribution in [1.29, 1.82) is 0 Å². The summed E-state index contributed by atoms with van der Waals surface area (Å²) in [4.78, 5) is 27.3. The molecule has 5 rings (SSSR count). The van der Waals surface area contributed by atoms with E-state index in [1.165, 1.54) is 0 Å². The number of ether oxygens (including phenoxy) is 3. The van der Waals surface area contributed by atoms with E-state index in [1.54, 1.807) is 0 Å². The zero-order valence-electron chi connectivity index (χ0n) is 16.9. The molecule has 30 heavy (non-hydrogen) atoms. The molecule has 2 amide bonds. The smallest absolute Gasteiger partial charge is 0.258 e. The fraction of sp³-hybridized carbons (Fsp3) is 0.478. The fourth-order valence-electron chi connectivity index (χ4n) is 4.15. The molecule has 1 N–H and O–H groups in total. The zero-order valence-corrected chi connectivity index (χ0v) is 16.9. The van der Waals surface area contributed by atoms with Crippen molar-refractivity contribution in [3.8, 4) is 5.75 Å². The molecule has 2 aromatic rings. The molecule has 2 aromatic carbocycles. The van der Waals surface area contributed by atoms with Gasteiger partial charge >= 0.3 is 0 Å². The number of fused-ring (bicyclic) bond motifs is 1. The van der Waals surface area contributed by atoms with Gasteiger partial charge in [0, 0.05) is 32.0 Å². The highest BCUT2D eigenvalue weighted by molar-refractivity contribution is 6.01. The molecule has 2 saturated heterocycles. The summed E-state index contributed by atoms with van der Waals surface area (Å²) in [5.74, 6) is -0.329. The van der Waals surface area contributed by atoms with Crippen LogP contribution in [0.15, 0.2) is 36.4 Å². The summed E-state index contributed by atoms with van der Waals surface area (Å²) in [5, 5.41) is 4.85. The number of nitrogens with zero attached hydrogens (tertiary/aromatic N) is 1. The molecule has 7 nitrogen and oxygen atoms in total. The van der Waals surface area contributed by atoms with Crippen molar-refractivity contribution in [3.63, 3.8) is 0 Å². The van der Waals surface area contributed by atoms with Gasteiger partial charge in [0.2, 0.25) is 0 Å². The third-order valence-corrected chi connectivity index (χ3v) is 6.01. The van der Waals surface area contributed by atoms with Gasteiger partial charge < -0.3 is 24.4 Å². The highest BCUT2D eigenvalue weighted by Crippen LogP contribution is 2.33. The Morgan fingerprint density at radius 2 is 1.73 bits per heavy atom. The van der Waals surface area contributed by atoms with Gasteiger partial charge in [-0.3, -0.25) is 9.59 Å². The molecule has 2 aliphatic heterocycles. The molecule has 2 heterocycles. The first-order valence-corrected chi connectivity index (χ1v) is 10.6. The Bertz CT molecular complexity index is 955. The van der Waals surface area contributed by atoms with Gasteiger partial charge in [-0.1, -0.05) is 24.3 Å². The summed E-state index contributed by atoms with van der Waals surface area (Å²) < 4.78 is 17.4. The molecule has 1 saturated carbocycles. The topological polar surface area (TPSA) is 77.1 Å². The molecule has 1 aliphatic carbocycles. The number of amides is 2. The van der Waals surface area contributed by atoms with Crippen molar-refractivity contribution in [2.45, 2.75) is 37.5 Å². The van der Waals surface area contributed by atoms with Crippen molar-refractivity contribution in [2.24, 2.45) is 0 Å². The van der Waals surface area contributed by atoms with Crippen LogP contribution in [0.1, 0.15) is 36.0 Å². The van der Waals surface area contributed by atoms with E-state index in [2.05, 4.69) is 5.32 Å². The van der Waals surface area contributed by atoms with Gasteiger partial charge in [-0.25, -0.2) is 0 Å². The SMILES string of the molecule is O=C(COc1cc2ccccc2cc1C(=O)N1CCC2(CC1)OCCO2)NC1CC1. The fourth-order valence-corrected chi connectivity index (χ4v) is 4.15. The third kappa shape index (κ3) is 4.00. The van der Waals surface area contributed by atoms with E-state index in [0.29, 0.717) is 50.5 Å². The van der Waals surface area contributed by atoms with Gasteiger partial charge in [0.05, 0.1) is 18.8 Å². The van der Waals surface area contributed by atoms with Gasteiger partial charge in [-0.15, -0.1) is 0 Å². The van der Waals surface area contributed by atoms with Crippen molar-refractivity contribution in [1.82, 2.24) is 10.2 Å². The number of piperidine rings is 1. The predicted molar refractivity (Wildman–Crippen MR) is 110 cm³/mol. The van der Waals surface area contributed by atoms with Crippen molar-refractivity contribution in [2.75, 3.05) is 32.9 Å². The number of benzene rings is 2. The maximum atomic E-state index is 13.4. The molecule has 0 bridgehead atoms. The number of rotatable bonds is 5. The summed E-state index contributed by atoms with van der Waals surface area (Å²) in [6, 6.07) is 11.8. The molecule has 0 unspecified atom stereocenters.